The Morgan fingerprint density at radius 2 is 0.286 bits per heavy atom. The maximum atomic E-state index is 0. The van der Waals surface area contributed by atoms with Gasteiger partial charge in [0.2, 0.25) is 0 Å². The van der Waals surface area contributed by atoms with Crippen LogP contribution in [0.25, 0.3) is 0 Å². The van der Waals surface area contributed by atoms with Crippen LogP contribution in [0.15, 0.2) is 0 Å². The minimum atomic E-state index is 0. The first-order valence-electron chi connectivity index (χ1n) is 0. The number of halogens is 6. The molecule has 0 aliphatic carbocycles. The fourth-order valence-electron chi connectivity index (χ4n) is 0. The molecule has 0 aromatic heterocycles. The van der Waals surface area contributed by atoms with E-state index in [0.29, 0.717) is 0 Å². The van der Waals surface area contributed by atoms with Crippen molar-refractivity contribution in [2.45, 2.75) is 0 Å². The van der Waals surface area contributed by atoms with Crippen molar-refractivity contribution in [2.24, 2.45) is 0 Å². The minimum absolute atomic E-state index is 0. The summed E-state index contributed by atoms with van der Waals surface area (Å²) in [4.78, 5) is 0. The predicted octanol–water partition coefficient (Wildman–Crippen LogP) is 1.35. The van der Waals surface area contributed by atoms with Crippen molar-refractivity contribution in [1.82, 2.24) is 0 Å². The third kappa shape index (κ3) is 56.2. The van der Waals surface area contributed by atoms with Crippen LogP contribution in [0.4, 0.5) is 0 Å². The number of hydrogen-bond acceptors (Lipinski definition) is 0. The van der Waals surface area contributed by atoms with Crippen LogP contribution in [-0.2, 0) is 0 Å². The van der Waals surface area contributed by atoms with Crippen LogP contribution in [0.3, 0.4) is 0 Å². The molecule has 0 unspecified atom stereocenters. The van der Waals surface area contributed by atoms with Crippen molar-refractivity contribution >= 4 is 98.9 Å². The van der Waals surface area contributed by atoms with Gasteiger partial charge in [0.1, 0.15) is 0 Å². The van der Waals surface area contributed by atoms with Gasteiger partial charge in [-0.15, -0.1) is 74.4 Å². The molecule has 0 atom stereocenters. The van der Waals surface area contributed by atoms with E-state index in [2.05, 4.69) is 0 Å². The summed E-state index contributed by atoms with van der Waals surface area (Å²) < 4.78 is 0. The van der Waals surface area contributed by atoms with Crippen molar-refractivity contribution in [1.29, 1.82) is 0 Å². The van der Waals surface area contributed by atoms with Crippen LogP contribution in [0.1, 0.15) is 0 Å². The molecule has 0 bridgehead atoms. The monoisotopic (exact) mass is 340 g/mol. The molecular weight excluding hydrogens is 334 g/mol. The number of rotatable bonds is 0. The second-order valence-corrected chi connectivity index (χ2v) is 0. The van der Waals surface area contributed by atoms with Gasteiger partial charge >= 0.3 is 24.4 Å². The molecule has 0 rings (SSSR count). The van der Waals surface area contributed by atoms with Crippen LogP contribution in [-0.4, -0.2) is 24.4 Å². The third-order valence-corrected chi connectivity index (χ3v) is 0. The van der Waals surface area contributed by atoms with E-state index in [1.165, 1.54) is 0 Å². The van der Waals surface area contributed by atoms with Gasteiger partial charge in [-0.25, -0.2) is 0 Å². The molecule has 0 N–H and O–H groups in total. The molecule has 0 heterocycles. The van der Waals surface area contributed by atoms with Gasteiger partial charge < -0.3 is 0 Å². The summed E-state index contributed by atoms with van der Waals surface area (Å²) in [5.41, 5.74) is 0. The molecule has 7 heavy (non-hydrogen) atoms. The van der Waals surface area contributed by atoms with Gasteiger partial charge in [-0.1, -0.05) is 0 Å². The zero-order valence-corrected chi connectivity index (χ0v) is 12.1. The molecule has 0 aromatic rings. The Kier molecular flexibility index (Phi) is 1140. The first-order chi connectivity index (χ1) is 0. The van der Waals surface area contributed by atoms with E-state index >= 15 is 0 Å². The Bertz CT molecular complexity index is 4.14. The Balaban J connectivity index is 0. The quantitative estimate of drug-likeness (QED) is 0.583. The second kappa shape index (κ2) is 74.7. The van der Waals surface area contributed by atoms with E-state index in [4.69, 9.17) is 0 Å². The first-order valence-corrected chi connectivity index (χ1v) is 0. The standard InChI is InChI=1S/6ClH.Sb.3H/h6*1H;;;;. The van der Waals surface area contributed by atoms with E-state index in [9.17, 15) is 0 Å². The summed E-state index contributed by atoms with van der Waals surface area (Å²) in [5.74, 6) is 0. The molecule has 0 nitrogen and oxygen atoms in total. The van der Waals surface area contributed by atoms with Gasteiger partial charge in [0.05, 0.1) is 0 Å². The maximum absolute atomic E-state index is 0. The zero-order valence-electron chi connectivity index (χ0n) is 3.16. The molecule has 0 spiro atoms. The molecule has 0 aromatic carbocycles. The van der Waals surface area contributed by atoms with Gasteiger partial charge in [0, 0.05) is 0 Å². The Labute approximate surface area is 97.9 Å². The van der Waals surface area contributed by atoms with Crippen LogP contribution in [0.5, 0.6) is 0 Å². The van der Waals surface area contributed by atoms with E-state index in [-0.39, 0.29) is 98.9 Å². The molecule has 0 aliphatic rings. The second-order valence-electron chi connectivity index (χ2n) is 0. The van der Waals surface area contributed by atoms with Crippen molar-refractivity contribution < 1.29 is 0 Å². The molecule has 0 saturated heterocycles. The Morgan fingerprint density at radius 3 is 0.286 bits per heavy atom. The molecule has 0 radical (unpaired) electrons. The van der Waals surface area contributed by atoms with E-state index in [1.807, 2.05) is 0 Å². The van der Waals surface area contributed by atoms with E-state index in [1.54, 1.807) is 0 Å². The SMILES string of the molecule is Cl.Cl.Cl.Cl.Cl.Cl.[SbH3]. The van der Waals surface area contributed by atoms with Gasteiger partial charge in [-0.2, -0.15) is 0 Å². The fraction of sp³-hybridized carbons (Fsp3) is 0. The van der Waals surface area contributed by atoms with Crippen LogP contribution >= 0.6 is 74.4 Å². The molecule has 56 valence electrons. The van der Waals surface area contributed by atoms with Gasteiger partial charge in [-0.3, -0.25) is 0 Å². The summed E-state index contributed by atoms with van der Waals surface area (Å²) in [6, 6.07) is 0. The van der Waals surface area contributed by atoms with E-state index in [0.717, 1.165) is 0 Å². The fourth-order valence-corrected chi connectivity index (χ4v) is 0. The van der Waals surface area contributed by atoms with Crippen molar-refractivity contribution in [2.75, 3.05) is 0 Å². The molecule has 0 saturated carbocycles. The Morgan fingerprint density at radius 1 is 0.286 bits per heavy atom. The predicted molar refractivity (Wildman–Crippen MR) is 53.4 cm³/mol. The van der Waals surface area contributed by atoms with Gasteiger partial charge in [-0.05, 0) is 0 Å². The molecule has 0 fully saturated rings. The average molecular weight is 344 g/mol. The Hall–Kier alpha value is 2.56. The molecule has 0 amide bonds. The van der Waals surface area contributed by atoms with Crippen LogP contribution in [0, 0.1) is 0 Å². The summed E-state index contributed by atoms with van der Waals surface area (Å²) in [6.45, 7) is 0. The van der Waals surface area contributed by atoms with Crippen molar-refractivity contribution in [3.63, 3.8) is 0 Å². The van der Waals surface area contributed by atoms with E-state index < -0.39 is 0 Å². The average Bonchev–Trinajstić information content (AvgIpc) is 0. The normalized spacial score (nSPS) is 0. The van der Waals surface area contributed by atoms with Crippen molar-refractivity contribution in [3.8, 4) is 0 Å². The number of hydrogen-bond donors (Lipinski definition) is 0. The summed E-state index contributed by atoms with van der Waals surface area (Å²) in [5, 5.41) is 0. The van der Waals surface area contributed by atoms with Crippen LogP contribution in [0.2, 0.25) is 0 Å². The third-order valence-electron chi connectivity index (χ3n) is 0. The molecule has 0 aliphatic heterocycles. The van der Waals surface area contributed by atoms with Gasteiger partial charge in [0.15, 0.2) is 0 Å². The summed E-state index contributed by atoms with van der Waals surface area (Å²) in [6.07, 6.45) is 0. The van der Waals surface area contributed by atoms with Crippen LogP contribution < -0.4 is 0 Å². The zero-order chi connectivity index (χ0) is 0. The molecule has 7 heteroatoms. The topological polar surface area (TPSA) is 0 Å². The summed E-state index contributed by atoms with van der Waals surface area (Å²) in [7, 11) is 0. The van der Waals surface area contributed by atoms with Gasteiger partial charge in [0.25, 0.3) is 0 Å². The van der Waals surface area contributed by atoms with Crippen molar-refractivity contribution in [3.05, 3.63) is 0 Å². The first kappa shape index (κ1) is 107. The molecular formula is H9Cl6Sb. The summed E-state index contributed by atoms with van der Waals surface area (Å²) >= 11 is 0.